The highest BCUT2D eigenvalue weighted by atomic mass is 16.4. The van der Waals surface area contributed by atoms with E-state index in [1.54, 1.807) is 30.3 Å². The Hall–Kier alpha value is -3.51. The molecular weight excluding hydrogens is 494 g/mol. The molecule has 9 N–H and O–H groups in total. The predicted octanol–water partition coefficient (Wildman–Crippen LogP) is 0.135. The Bertz CT molecular complexity index is 926. The van der Waals surface area contributed by atoms with E-state index in [0.29, 0.717) is 31.4 Å². The molecule has 0 aliphatic carbocycles. The first-order valence-corrected chi connectivity index (χ1v) is 12.8. The zero-order chi connectivity index (χ0) is 28.7. The van der Waals surface area contributed by atoms with Crippen LogP contribution in [0.2, 0.25) is 0 Å². The van der Waals surface area contributed by atoms with Gasteiger partial charge in [0, 0.05) is 12.8 Å². The van der Waals surface area contributed by atoms with Crippen LogP contribution in [0.5, 0.6) is 0 Å². The van der Waals surface area contributed by atoms with Crippen LogP contribution in [0, 0.1) is 5.92 Å². The zero-order valence-corrected chi connectivity index (χ0v) is 22.0. The highest BCUT2D eigenvalue weighted by Gasteiger charge is 2.30. The van der Waals surface area contributed by atoms with E-state index in [1.807, 2.05) is 13.8 Å². The summed E-state index contributed by atoms with van der Waals surface area (Å²) in [5, 5.41) is 26.3. The number of nitrogens with two attached hydrogens (primary N) is 2. The molecule has 0 saturated heterocycles. The zero-order valence-electron chi connectivity index (χ0n) is 22.0. The summed E-state index contributed by atoms with van der Waals surface area (Å²) in [6, 6.07) is 4.16. The quantitative estimate of drug-likeness (QED) is 0.127. The second-order valence-corrected chi connectivity index (χ2v) is 9.66. The molecule has 38 heavy (non-hydrogen) atoms. The number of unbranched alkanes of at least 4 members (excludes halogenated alkanes) is 1. The minimum absolute atomic E-state index is 0.00692. The number of aliphatic carboxylic acids is 2. The summed E-state index contributed by atoms with van der Waals surface area (Å²) in [5.41, 5.74) is 12.2. The third kappa shape index (κ3) is 12.6. The van der Waals surface area contributed by atoms with Gasteiger partial charge < -0.3 is 37.6 Å². The Labute approximate surface area is 222 Å². The van der Waals surface area contributed by atoms with E-state index in [2.05, 4.69) is 16.0 Å². The minimum atomic E-state index is -1.34. The van der Waals surface area contributed by atoms with Gasteiger partial charge >= 0.3 is 11.9 Å². The lowest BCUT2D eigenvalue weighted by molar-refractivity contribution is -0.143. The first-order valence-electron chi connectivity index (χ1n) is 12.8. The molecule has 1 rings (SSSR count). The number of hydrogen-bond acceptors (Lipinski definition) is 7. The molecule has 4 atom stereocenters. The second kappa shape index (κ2) is 17.1. The van der Waals surface area contributed by atoms with Crippen molar-refractivity contribution in [3.05, 3.63) is 35.9 Å². The van der Waals surface area contributed by atoms with Gasteiger partial charge in [0.05, 0.1) is 6.04 Å². The molecule has 0 heterocycles. The fraction of sp³-hybridized carbons (Fsp3) is 0.577. The molecule has 12 heteroatoms. The molecular formula is C26H41N5O7. The van der Waals surface area contributed by atoms with Crippen LogP contribution in [0.25, 0.3) is 0 Å². The van der Waals surface area contributed by atoms with Crippen LogP contribution in [-0.2, 0) is 30.4 Å². The molecule has 12 nitrogen and oxygen atoms in total. The van der Waals surface area contributed by atoms with Crippen molar-refractivity contribution in [1.29, 1.82) is 0 Å². The highest BCUT2D eigenvalue weighted by Crippen LogP contribution is 2.09. The maximum atomic E-state index is 13.1. The standard InChI is InChI=1S/C26H41N5O7/c1-16(2)14-18(28)23(34)29-19(10-6-7-13-27)24(35)30-20(11-12-22(32)33)25(36)31-21(26(37)38)15-17-8-4-3-5-9-17/h3-5,8-9,16,18-21H,6-7,10-15,27-28H2,1-2H3,(H,29,34)(H,30,35)(H,31,36)(H,32,33)(H,37,38). The van der Waals surface area contributed by atoms with Gasteiger partial charge in [-0.3, -0.25) is 19.2 Å². The summed E-state index contributed by atoms with van der Waals surface area (Å²) in [7, 11) is 0. The van der Waals surface area contributed by atoms with Crippen molar-refractivity contribution >= 4 is 29.7 Å². The number of carbonyl (C=O) groups excluding carboxylic acids is 3. The lowest BCUT2D eigenvalue weighted by atomic mass is 10.0. The van der Waals surface area contributed by atoms with E-state index in [0.717, 1.165) is 0 Å². The molecule has 4 unspecified atom stereocenters. The van der Waals surface area contributed by atoms with E-state index in [-0.39, 0.29) is 25.2 Å². The molecule has 0 saturated carbocycles. The van der Waals surface area contributed by atoms with Crippen LogP contribution in [0.15, 0.2) is 30.3 Å². The third-order valence-corrected chi connectivity index (χ3v) is 5.82. The van der Waals surface area contributed by atoms with Crippen LogP contribution in [-0.4, -0.2) is 70.6 Å². The molecule has 0 fully saturated rings. The molecule has 0 aliphatic rings. The van der Waals surface area contributed by atoms with Gasteiger partial charge in [0.15, 0.2) is 0 Å². The maximum Gasteiger partial charge on any atom is 0.326 e. The summed E-state index contributed by atoms with van der Waals surface area (Å²) >= 11 is 0. The fourth-order valence-corrected chi connectivity index (χ4v) is 3.79. The molecule has 1 aromatic rings. The van der Waals surface area contributed by atoms with Crippen LogP contribution in [0.3, 0.4) is 0 Å². The number of carboxylic acids is 2. The molecule has 0 spiro atoms. The van der Waals surface area contributed by atoms with Gasteiger partial charge in [0.25, 0.3) is 0 Å². The Morgan fingerprint density at radius 1 is 0.816 bits per heavy atom. The molecule has 3 amide bonds. The average molecular weight is 536 g/mol. The van der Waals surface area contributed by atoms with Gasteiger partial charge in [-0.1, -0.05) is 44.2 Å². The van der Waals surface area contributed by atoms with Crippen molar-refractivity contribution in [2.24, 2.45) is 17.4 Å². The van der Waals surface area contributed by atoms with Crippen molar-refractivity contribution in [2.45, 2.75) is 83.0 Å². The lowest BCUT2D eigenvalue weighted by Crippen LogP contribution is -2.57. The van der Waals surface area contributed by atoms with Crippen molar-refractivity contribution in [2.75, 3.05) is 6.54 Å². The number of rotatable bonds is 18. The van der Waals surface area contributed by atoms with E-state index in [1.165, 1.54) is 0 Å². The highest BCUT2D eigenvalue weighted by molar-refractivity contribution is 5.94. The average Bonchev–Trinajstić information content (AvgIpc) is 2.85. The summed E-state index contributed by atoms with van der Waals surface area (Å²) < 4.78 is 0. The Morgan fingerprint density at radius 3 is 1.89 bits per heavy atom. The number of hydrogen-bond donors (Lipinski definition) is 7. The summed E-state index contributed by atoms with van der Waals surface area (Å²) in [6.07, 6.45) is 1.01. The number of benzene rings is 1. The Kier molecular flexibility index (Phi) is 14.6. The molecule has 212 valence electrons. The van der Waals surface area contributed by atoms with Gasteiger partial charge in [0.2, 0.25) is 17.7 Å². The first kappa shape index (κ1) is 32.5. The number of carbonyl (C=O) groups is 5. The second-order valence-electron chi connectivity index (χ2n) is 9.66. The Morgan fingerprint density at radius 2 is 1.37 bits per heavy atom. The van der Waals surface area contributed by atoms with Crippen molar-refractivity contribution in [1.82, 2.24) is 16.0 Å². The number of amides is 3. The molecule has 0 radical (unpaired) electrons. The molecule has 0 bridgehead atoms. The van der Waals surface area contributed by atoms with Gasteiger partial charge in [-0.2, -0.15) is 0 Å². The van der Waals surface area contributed by atoms with Crippen molar-refractivity contribution < 1.29 is 34.2 Å². The lowest BCUT2D eigenvalue weighted by Gasteiger charge is -2.25. The minimum Gasteiger partial charge on any atom is -0.481 e. The maximum absolute atomic E-state index is 13.1. The fourth-order valence-electron chi connectivity index (χ4n) is 3.79. The smallest absolute Gasteiger partial charge is 0.326 e. The molecule has 0 aliphatic heterocycles. The number of carboxylic acid groups (broad SMARTS) is 2. The summed E-state index contributed by atoms with van der Waals surface area (Å²) in [6.45, 7) is 4.20. The molecule has 0 aromatic heterocycles. The number of nitrogens with one attached hydrogen (secondary N) is 3. The summed E-state index contributed by atoms with van der Waals surface area (Å²) in [4.78, 5) is 61.7. The summed E-state index contributed by atoms with van der Waals surface area (Å²) in [5.74, 6) is -4.38. The van der Waals surface area contributed by atoms with E-state index in [9.17, 15) is 29.1 Å². The topological polar surface area (TPSA) is 214 Å². The van der Waals surface area contributed by atoms with Crippen molar-refractivity contribution in [3.63, 3.8) is 0 Å². The van der Waals surface area contributed by atoms with Crippen LogP contribution >= 0.6 is 0 Å². The first-order chi connectivity index (χ1) is 17.9. The van der Waals surface area contributed by atoms with E-state index in [4.69, 9.17) is 16.6 Å². The predicted molar refractivity (Wildman–Crippen MR) is 141 cm³/mol. The van der Waals surface area contributed by atoms with Crippen LogP contribution < -0.4 is 27.4 Å². The van der Waals surface area contributed by atoms with Crippen LogP contribution in [0.1, 0.15) is 57.9 Å². The van der Waals surface area contributed by atoms with E-state index >= 15 is 0 Å². The van der Waals surface area contributed by atoms with Gasteiger partial charge in [-0.25, -0.2) is 4.79 Å². The van der Waals surface area contributed by atoms with Gasteiger partial charge in [-0.15, -0.1) is 0 Å². The van der Waals surface area contributed by atoms with Crippen LogP contribution in [0.4, 0.5) is 0 Å². The van der Waals surface area contributed by atoms with E-state index < -0.39 is 60.2 Å². The molecule has 1 aromatic carbocycles. The SMILES string of the molecule is CC(C)CC(N)C(=O)NC(CCCCN)C(=O)NC(CCC(=O)O)C(=O)NC(Cc1ccccc1)C(=O)O. The third-order valence-electron chi connectivity index (χ3n) is 5.82. The van der Waals surface area contributed by atoms with Crippen molar-refractivity contribution in [3.8, 4) is 0 Å². The Balaban J connectivity index is 3.03. The van der Waals surface area contributed by atoms with Gasteiger partial charge in [-0.05, 0) is 50.1 Å². The monoisotopic (exact) mass is 535 g/mol. The van der Waals surface area contributed by atoms with Gasteiger partial charge in [0.1, 0.15) is 18.1 Å². The largest absolute Gasteiger partial charge is 0.481 e. The normalized spacial score (nSPS) is 14.1.